The van der Waals surface area contributed by atoms with Crippen molar-refractivity contribution in [2.24, 2.45) is 0 Å². The third-order valence-electron chi connectivity index (χ3n) is 1.72. The molecule has 0 fully saturated rings. The maximum Gasteiger partial charge on any atom is 0.497 e. The van der Waals surface area contributed by atoms with E-state index in [2.05, 4.69) is 0 Å². The van der Waals surface area contributed by atoms with Gasteiger partial charge in [0.25, 0.3) is 9.84 Å². The van der Waals surface area contributed by atoms with E-state index in [-0.39, 0.29) is 0 Å². The Labute approximate surface area is 97.2 Å². The first kappa shape index (κ1) is 17.4. The first-order valence-electron chi connectivity index (χ1n) is 3.87. The van der Waals surface area contributed by atoms with E-state index in [9.17, 15) is 43.2 Å². The summed E-state index contributed by atoms with van der Waals surface area (Å²) in [5, 5.41) is 5.22. The minimum Gasteiger partial charge on any atom is -0.395 e. The molecule has 0 aromatic heterocycles. The molecule has 0 saturated heterocycles. The summed E-state index contributed by atoms with van der Waals surface area (Å²) in [6.07, 6.45) is 0. The lowest BCUT2D eigenvalue weighted by Crippen LogP contribution is -2.43. The number of hydrogen-bond acceptors (Lipinski definition) is 5. The fourth-order valence-corrected chi connectivity index (χ4v) is 3.38. The highest BCUT2D eigenvalue weighted by Gasteiger charge is 2.55. The summed E-state index contributed by atoms with van der Waals surface area (Å²) in [7, 11) is -12.3. The normalized spacial score (nSPS) is 16.6. The number of aliphatic hydroxyl groups is 1. The number of aliphatic hydroxyl groups excluding tert-OH is 1. The third kappa shape index (κ3) is 3.47. The zero-order valence-corrected chi connectivity index (χ0v) is 9.79. The number of hydrogen-bond donors (Lipinski definition) is 1. The maximum atomic E-state index is 12.0. The van der Waals surface area contributed by atoms with Crippen molar-refractivity contribution in [3.63, 3.8) is 0 Å². The maximum absolute atomic E-state index is 12.0. The zero-order valence-electron chi connectivity index (χ0n) is 8.16. The molecule has 0 aliphatic carbocycles. The van der Waals surface area contributed by atoms with Gasteiger partial charge in [-0.15, -0.1) is 0 Å². The summed E-state index contributed by atoms with van der Waals surface area (Å²) in [6, 6.07) is 0. The molecule has 1 atom stereocenters. The van der Waals surface area contributed by atoms with Crippen molar-refractivity contribution >= 4 is 19.7 Å². The Kier molecular flexibility index (Phi) is 4.69. The lowest BCUT2D eigenvalue weighted by molar-refractivity contribution is -0.0466. The molecule has 0 rings (SSSR count). The van der Waals surface area contributed by atoms with Crippen molar-refractivity contribution in [2.45, 2.75) is 16.3 Å². The Hall–Kier alpha value is -0.560. The fourth-order valence-electron chi connectivity index (χ4n) is 0.769. The van der Waals surface area contributed by atoms with Crippen LogP contribution in [0.15, 0.2) is 0 Å². The summed E-state index contributed by atoms with van der Waals surface area (Å²) < 4.78 is 114. The first-order chi connectivity index (χ1) is 7.67. The summed E-state index contributed by atoms with van der Waals surface area (Å²) in [5.74, 6) is -2.39. The second kappa shape index (κ2) is 4.85. The van der Waals surface area contributed by atoms with E-state index in [4.69, 9.17) is 5.11 Å². The Morgan fingerprint density at radius 3 is 1.50 bits per heavy atom. The first-order valence-corrected chi connectivity index (χ1v) is 7.06. The molecule has 0 saturated carbocycles. The molecule has 18 heavy (non-hydrogen) atoms. The van der Waals surface area contributed by atoms with Crippen LogP contribution in [0.5, 0.6) is 0 Å². The summed E-state index contributed by atoms with van der Waals surface area (Å²) in [6.45, 7) is -1.91. The Bertz CT molecular complexity index is 485. The van der Waals surface area contributed by atoms with Gasteiger partial charge in [0.2, 0.25) is 9.84 Å². The van der Waals surface area contributed by atoms with E-state index in [1.165, 1.54) is 0 Å². The van der Waals surface area contributed by atoms with Crippen LogP contribution in [0.25, 0.3) is 0 Å². The average molecular weight is 324 g/mol. The molecule has 110 valence electrons. The molecular weight excluding hydrogens is 318 g/mol. The predicted octanol–water partition coefficient (Wildman–Crippen LogP) is 0.216. The molecule has 0 aliphatic heterocycles. The highest BCUT2D eigenvalue weighted by Crippen LogP contribution is 2.31. The lowest BCUT2D eigenvalue weighted by atomic mass is 10.5. The summed E-state index contributed by atoms with van der Waals surface area (Å²) in [4.78, 5) is 0. The quantitative estimate of drug-likeness (QED) is 0.747. The summed E-state index contributed by atoms with van der Waals surface area (Å²) >= 11 is 0. The van der Waals surface area contributed by atoms with E-state index in [0.717, 1.165) is 0 Å². The molecule has 5 nitrogen and oxygen atoms in total. The number of rotatable bonds is 4. The van der Waals surface area contributed by atoms with E-state index < -0.39 is 48.3 Å². The molecule has 0 amide bonds. The minimum atomic E-state index is -6.21. The van der Waals surface area contributed by atoms with Gasteiger partial charge in [-0.1, -0.05) is 0 Å². The van der Waals surface area contributed by atoms with Gasteiger partial charge >= 0.3 is 11.0 Å². The van der Waals surface area contributed by atoms with Crippen LogP contribution in [0.4, 0.5) is 26.3 Å². The van der Waals surface area contributed by atoms with Crippen LogP contribution in [0.1, 0.15) is 0 Å². The van der Waals surface area contributed by atoms with Crippen molar-refractivity contribution in [2.75, 3.05) is 12.4 Å². The largest absolute Gasteiger partial charge is 0.497 e. The second-order valence-corrected chi connectivity index (χ2v) is 7.27. The predicted molar refractivity (Wildman–Crippen MR) is 45.7 cm³/mol. The second-order valence-electron chi connectivity index (χ2n) is 3.02. The smallest absolute Gasteiger partial charge is 0.395 e. The molecule has 0 heterocycles. The molecule has 1 unspecified atom stereocenters. The molecule has 0 aliphatic rings. The third-order valence-corrected chi connectivity index (χ3v) is 5.32. The fraction of sp³-hybridized carbons (Fsp3) is 1.00. The van der Waals surface area contributed by atoms with Gasteiger partial charge < -0.3 is 5.11 Å². The van der Waals surface area contributed by atoms with Gasteiger partial charge in [-0.2, -0.15) is 26.3 Å². The zero-order chi connectivity index (χ0) is 15.0. The van der Waals surface area contributed by atoms with Gasteiger partial charge in [0.1, 0.15) is 5.25 Å². The van der Waals surface area contributed by atoms with Crippen molar-refractivity contribution in [3.05, 3.63) is 0 Å². The van der Waals surface area contributed by atoms with E-state index >= 15 is 0 Å². The molecule has 0 radical (unpaired) electrons. The highest BCUT2D eigenvalue weighted by atomic mass is 32.2. The van der Waals surface area contributed by atoms with Crippen LogP contribution in [0, 0.1) is 0 Å². The highest BCUT2D eigenvalue weighted by molar-refractivity contribution is 7.96. The van der Waals surface area contributed by atoms with Crippen LogP contribution < -0.4 is 0 Å². The van der Waals surface area contributed by atoms with Crippen molar-refractivity contribution in [1.82, 2.24) is 0 Å². The van der Waals surface area contributed by atoms with Crippen LogP contribution in [0.3, 0.4) is 0 Å². The van der Waals surface area contributed by atoms with Crippen molar-refractivity contribution in [3.8, 4) is 0 Å². The van der Waals surface area contributed by atoms with Crippen LogP contribution >= 0.6 is 0 Å². The standard InChI is InChI=1S/C5H6F6O5S2/c6-4(7,8)17(13,14)2-3(1-12)18(15,16)5(9,10)11/h3,12H,1-2H2. The number of sulfone groups is 2. The Morgan fingerprint density at radius 1 is 0.889 bits per heavy atom. The molecule has 0 aromatic carbocycles. The molecule has 0 spiro atoms. The molecular formula is C5H6F6O5S2. The van der Waals surface area contributed by atoms with Gasteiger partial charge in [0.15, 0.2) is 0 Å². The minimum absolute atomic E-state index is 1.91. The molecule has 0 bridgehead atoms. The van der Waals surface area contributed by atoms with E-state index in [1.807, 2.05) is 0 Å². The van der Waals surface area contributed by atoms with E-state index in [1.54, 1.807) is 0 Å². The monoisotopic (exact) mass is 324 g/mol. The molecule has 0 aromatic rings. The van der Waals surface area contributed by atoms with E-state index in [0.29, 0.717) is 0 Å². The Morgan fingerprint density at radius 2 is 1.28 bits per heavy atom. The molecule has 1 N–H and O–H groups in total. The number of alkyl halides is 6. The van der Waals surface area contributed by atoms with Crippen molar-refractivity contribution < 1.29 is 48.3 Å². The number of halogens is 6. The van der Waals surface area contributed by atoms with Gasteiger partial charge in [-0.3, -0.25) is 0 Å². The van der Waals surface area contributed by atoms with Crippen molar-refractivity contribution in [1.29, 1.82) is 0 Å². The van der Waals surface area contributed by atoms with Gasteiger partial charge in [-0.05, 0) is 0 Å². The van der Waals surface area contributed by atoms with Gasteiger partial charge in [-0.25, -0.2) is 16.8 Å². The average Bonchev–Trinajstić information content (AvgIpc) is 2.10. The summed E-state index contributed by atoms with van der Waals surface area (Å²) in [5.41, 5.74) is -11.9. The Balaban J connectivity index is 5.45. The topological polar surface area (TPSA) is 88.5 Å². The van der Waals surface area contributed by atoms with Crippen LogP contribution in [0.2, 0.25) is 0 Å². The van der Waals surface area contributed by atoms with Gasteiger partial charge in [0, 0.05) is 0 Å². The van der Waals surface area contributed by atoms with Crippen LogP contribution in [-0.4, -0.2) is 50.6 Å². The SMILES string of the molecule is O=S(=O)(CC(CO)S(=O)(=O)C(F)(F)F)C(F)(F)F. The molecule has 13 heteroatoms. The lowest BCUT2D eigenvalue weighted by Gasteiger charge is -2.17. The van der Waals surface area contributed by atoms with Gasteiger partial charge in [0.05, 0.1) is 12.4 Å². The van der Waals surface area contributed by atoms with Crippen LogP contribution in [-0.2, 0) is 19.7 Å².